The largest absolute Gasteiger partial charge is 0.336 e. The van der Waals surface area contributed by atoms with Gasteiger partial charge in [0.15, 0.2) is 0 Å². The number of nitrogens with zero attached hydrogens (tertiary/aromatic N) is 1. The summed E-state index contributed by atoms with van der Waals surface area (Å²) in [7, 11) is -3.92. The molecule has 0 aliphatic heterocycles. The molecule has 0 aliphatic rings. The van der Waals surface area contributed by atoms with Crippen molar-refractivity contribution in [1.29, 1.82) is 0 Å². The first-order chi connectivity index (χ1) is 10.2. The number of hydrogen-bond donors (Lipinski definition) is 1. The summed E-state index contributed by atoms with van der Waals surface area (Å²) in [6, 6.07) is 8.83. The van der Waals surface area contributed by atoms with Crippen LogP contribution in [-0.4, -0.2) is 33.5 Å². The molecule has 124 valence electrons. The third-order valence-electron chi connectivity index (χ3n) is 2.63. The monoisotopic (exact) mass is 328 g/mol. The molecule has 0 saturated carbocycles. The van der Waals surface area contributed by atoms with Crippen molar-refractivity contribution in [1.82, 2.24) is 4.72 Å². The van der Waals surface area contributed by atoms with E-state index in [1.54, 1.807) is 26.0 Å². The Bertz CT molecular complexity index is 570. The van der Waals surface area contributed by atoms with Crippen LogP contribution in [0.3, 0.4) is 0 Å². The van der Waals surface area contributed by atoms with E-state index >= 15 is 0 Å². The third-order valence-corrected chi connectivity index (χ3v) is 3.82. The maximum atomic E-state index is 12.3. The van der Waals surface area contributed by atoms with Crippen LogP contribution in [0.15, 0.2) is 30.3 Å². The summed E-state index contributed by atoms with van der Waals surface area (Å²) in [5.74, 6) is -0.149. The number of carbonyl (C=O) groups excluding carboxylic acids is 1. The summed E-state index contributed by atoms with van der Waals surface area (Å²) in [5, 5.41) is 0. The Balaban J connectivity index is 2.77. The van der Waals surface area contributed by atoms with Crippen LogP contribution in [0.25, 0.3) is 0 Å². The smallest absolute Gasteiger partial charge is 0.310 e. The van der Waals surface area contributed by atoms with Crippen LogP contribution in [0.4, 0.5) is 5.69 Å². The predicted octanol–water partition coefficient (Wildman–Crippen LogP) is 1.93. The van der Waals surface area contributed by atoms with Crippen LogP contribution >= 0.6 is 0 Å². The van der Waals surface area contributed by atoms with Crippen molar-refractivity contribution >= 4 is 21.9 Å². The van der Waals surface area contributed by atoms with Crippen LogP contribution in [0.1, 0.15) is 27.7 Å². The van der Waals surface area contributed by atoms with Crippen LogP contribution in [0, 0.1) is 5.92 Å². The molecule has 1 amide bonds. The molecule has 6 nitrogen and oxygen atoms in total. The summed E-state index contributed by atoms with van der Waals surface area (Å²) in [4.78, 5) is 13.9. The fourth-order valence-corrected chi connectivity index (χ4v) is 2.75. The molecule has 0 saturated heterocycles. The number of amides is 1. The van der Waals surface area contributed by atoms with Gasteiger partial charge in [-0.05, 0) is 31.9 Å². The van der Waals surface area contributed by atoms with E-state index in [4.69, 9.17) is 4.18 Å². The van der Waals surface area contributed by atoms with E-state index < -0.39 is 22.8 Å². The predicted molar refractivity (Wildman–Crippen MR) is 86.8 cm³/mol. The van der Waals surface area contributed by atoms with Gasteiger partial charge in [-0.25, -0.2) is 4.18 Å². The average molecular weight is 328 g/mol. The maximum Gasteiger partial charge on any atom is 0.336 e. The summed E-state index contributed by atoms with van der Waals surface area (Å²) in [5.41, 5.74) is 0.721. The minimum atomic E-state index is -3.92. The minimum Gasteiger partial charge on any atom is -0.310 e. The van der Waals surface area contributed by atoms with Crippen LogP contribution in [0.2, 0.25) is 0 Å². The van der Waals surface area contributed by atoms with E-state index in [2.05, 4.69) is 4.72 Å². The number of benzene rings is 1. The zero-order valence-electron chi connectivity index (χ0n) is 13.4. The van der Waals surface area contributed by atoms with Gasteiger partial charge >= 0.3 is 10.3 Å². The first-order valence-electron chi connectivity index (χ1n) is 7.23. The van der Waals surface area contributed by atoms with E-state index in [1.165, 1.54) is 4.90 Å². The highest BCUT2D eigenvalue weighted by molar-refractivity contribution is 7.84. The summed E-state index contributed by atoms with van der Waals surface area (Å²) in [6.07, 6.45) is 0. The zero-order chi connectivity index (χ0) is 16.8. The molecule has 7 heteroatoms. The highest BCUT2D eigenvalue weighted by Gasteiger charge is 2.21. The molecule has 1 aromatic rings. The highest BCUT2D eigenvalue weighted by Crippen LogP contribution is 2.15. The Morgan fingerprint density at radius 1 is 1.18 bits per heavy atom. The van der Waals surface area contributed by atoms with Crippen molar-refractivity contribution < 1.29 is 17.4 Å². The first-order valence-corrected chi connectivity index (χ1v) is 8.64. The summed E-state index contributed by atoms with van der Waals surface area (Å²) < 4.78 is 30.3. The summed E-state index contributed by atoms with van der Waals surface area (Å²) >= 11 is 0. The van der Waals surface area contributed by atoms with Gasteiger partial charge in [-0.15, -0.1) is 0 Å². The topological polar surface area (TPSA) is 75.7 Å². The lowest BCUT2D eigenvalue weighted by Gasteiger charge is -2.24. The fourth-order valence-electron chi connectivity index (χ4n) is 1.85. The van der Waals surface area contributed by atoms with E-state index in [-0.39, 0.29) is 12.0 Å². The molecule has 0 atom stereocenters. The second kappa shape index (κ2) is 8.26. The molecule has 0 heterocycles. The van der Waals surface area contributed by atoms with E-state index in [9.17, 15) is 13.2 Å². The molecule has 0 bridgehead atoms. The third kappa shape index (κ3) is 6.55. The molecule has 0 aromatic heterocycles. The van der Waals surface area contributed by atoms with Crippen molar-refractivity contribution in [3.8, 4) is 0 Å². The lowest BCUT2D eigenvalue weighted by Crippen LogP contribution is -2.39. The first kappa shape index (κ1) is 18.6. The number of anilines is 1. The molecular weight excluding hydrogens is 304 g/mol. The van der Waals surface area contributed by atoms with Gasteiger partial charge in [-0.3, -0.25) is 4.79 Å². The molecular formula is C15H24N2O4S. The molecule has 1 aromatic carbocycles. The zero-order valence-corrected chi connectivity index (χ0v) is 14.3. The second-order valence-corrected chi connectivity index (χ2v) is 7.10. The quantitative estimate of drug-likeness (QED) is 0.791. The van der Waals surface area contributed by atoms with Crippen LogP contribution in [-0.2, 0) is 19.3 Å². The van der Waals surface area contributed by atoms with Crippen molar-refractivity contribution in [2.75, 3.05) is 18.1 Å². The molecule has 0 spiro atoms. The van der Waals surface area contributed by atoms with Gasteiger partial charge in [0.2, 0.25) is 0 Å². The van der Waals surface area contributed by atoms with Gasteiger partial charge < -0.3 is 4.90 Å². The van der Waals surface area contributed by atoms with E-state index in [1.807, 2.05) is 32.0 Å². The molecule has 22 heavy (non-hydrogen) atoms. The van der Waals surface area contributed by atoms with Crippen LogP contribution < -0.4 is 9.62 Å². The summed E-state index contributed by atoms with van der Waals surface area (Å²) in [6.45, 7) is 7.30. The SMILES string of the molecule is CC(C)CN(C(=O)COS(=O)(=O)NC(C)C)c1ccccc1. The Morgan fingerprint density at radius 2 is 1.77 bits per heavy atom. The van der Waals surface area contributed by atoms with Gasteiger partial charge in [0.05, 0.1) is 0 Å². The number of carbonyl (C=O) groups is 1. The number of hydrogen-bond acceptors (Lipinski definition) is 4. The van der Waals surface area contributed by atoms with Gasteiger partial charge in [0.25, 0.3) is 5.91 Å². The van der Waals surface area contributed by atoms with E-state index in [0.29, 0.717) is 6.54 Å². The van der Waals surface area contributed by atoms with Crippen molar-refractivity contribution in [2.45, 2.75) is 33.7 Å². The van der Waals surface area contributed by atoms with Crippen LogP contribution in [0.5, 0.6) is 0 Å². The lowest BCUT2D eigenvalue weighted by molar-refractivity contribution is -0.120. The highest BCUT2D eigenvalue weighted by atomic mass is 32.2. The average Bonchev–Trinajstić information content (AvgIpc) is 2.42. The molecule has 0 fully saturated rings. The second-order valence-electron chi connectivity index (χ2n) is 5.72. The Morgan fingerprint density at radius 3 is 2.27 bits per heavy atom. The molecule has 1 N–H and O–H groups in total. The Labute approximate surface area is 132 Å². The fraction of sp³-hybridized carbons (Fsp3) is 0.533. The van der Waals surface area contributed by atoms with Gasteiger partial charge in [-0.2, -0.15) is 13.1 Å². The van der Waals surface area contributed by atoms with Crippen molar-refractivity contribution in [3.63, 3.8) is 0 Å². The minimum absolute atomic E-state index is 0.245. The van der Waals surface area contributed by atoms with Gasteiger partial charge in [0.1, 0.15) is 6.61 Å². The standard InChI is InChI=1S/C15H24N2O4S/c1-12(2)10-17(14-8-6-5-7-9-14)15(18)11-21-22(19,20)16-13(3)4/h5-9,12-13,16H,10-11H2,1-4H3. The van der Waals surface area contributed by atoms with Crippen molar-refractivity contribution in [2.24, 2.45) is 5.92 Å². The molecule has 0 aliphatic carbocycles. The number of nitrogens with one attached hydrogen (secondary N) is 1. The normalized spacial score (nSPS) is 11.9. The Hall–Kier alpha value is -1.44. The molecule has 1 rings (SSSR count). The molecule has 0 unspecified atom stereocenters. The molecule has 0 radical (unpaired) electrons. The lowest BCUT2D eigenvalue weighted by atomic mass is 10.2. The number of rotatable bonds is 8. The van der Waals surface area contributed by atoms with Crippen molar-refractivity contribution in [3.05, 3.63) is 30.3 Å². The van der Waals surface area contributed by atoms with Gasteiger partial charge in [-0.1, -0.05) is 32.0 Å². The maximum absolute atomic E-state index is 12.3. The number of para-hydroxylation sites is 1. The van der Waals surface area contributed by atoms with E-state index in [0.717, 1.165) is 5.69 Å². The Kier molecular flexibility index (Phi) is 6.99. The van der Waals surface area contributed by atoms with Gasteiger partial charge in [0, 0.05) is 18.3 Å².